The first-order valence-electron chi connectivity index (χ1n) is 7.65. The Morgan fingerprint density at radius 1 is 1.32 bits per heavy atom. The van der Waals surface area contributed by atoms with Gasteiger partial charge in [-0.25, -0.2) is 0 Å². The summed E-state index contributed by atoms with van der Waals surface area (Å²) in [5.41, 5.74) is 0.0647. The minimum Gasteiger partial charge on any atom is -0.353 e. The Balaban J connectivity index is 2.47. The van der Waals surface area contributed by atoms with E-state index in [2.05, 4.69) is 42.8 Å². The number of carbonyl (C=O) groups is 1. The van der Waals surface area contributed by atoms with Crippen molar-refractivity contribution in [1.29, 1.82) is 0 Å². The van der Waals surface area contributed by atoms with Crippen molar-refractivity contribution in [2.45, 2.75) is 58.5 Å². The first kappa shape index (κ1) is 16.4. The van der Waals surface area contributed by atoms with Crippen molar-refractivity contribution >= 4 is 5.91 Å². The molecule has 1 aliphatic heterocycles. The van der Waals surface area contributed by atoms with Gasteiger partial charge in [0.1, 0.15) is 0 Å². The minimum atomic E-state index is -0.000576. The van der Waals surface area contributed by atoms with E-state index >= 15 is 0 Å². The summed E-state index contributed by atoms with van der Waals surface area (Å²) in [6.07, 6.45) is 3.43. The van der Waals surface area contributed by atoms with Crippen LogP contribution in [0.4, 0.5) is 0 Å². The number of likely N-dealkylation sites (tertiary alicyclic amines) is 1. The fourth-order valence-corrected chi connectivity index (χ4v) is 2.77. The predicted molar refractivity (Wildman–Crippen MR) is 80.3 cm³/mol. The van der Waals surface area contributed by atoms with Gasteiger partial charge >= 0.3 is 0 Å². The quantitative estimate of drug-likeness (QED) is 0.764. The Kier molecular flexibility index (Phi) is 6.27. The van der Waals surface area contributed by atoms with Gasteiger partial charge in [-0.2, -0.15) is 0 Å². The number of rotatable bonds is 7. The zero-order valence-corrected chi connectivity index (χ0v) is 13.3. The zero-order chi connectivity index (χ0) is 14.5. The molecule has 0 saturated carbocycles. The lowest BCUT2D eigenvalue weighted by Gasteiger charge is -2.36. The Labute approximate surface area is 118 Å². The van der Waals surface area contributed by atoms with Crippen molar-refractivity contribution in [3.8, 4) is 0 Å². The second-order valence-corrected chi connectivity index (χ2v) is 6.22. The smallest absolute Gasteiger partial charge is 0.237 e. The molecule has 1 amide bonds. The largest absolute Gasteiger partial charge is 0.353 e. The van der Waals surface area contributed by atoms with E-state index < -0.39 is 0 Å². The molecule has 0 aromatic heterocycles. The van der Waals surface area contributed by atoms with Crippen molar-refractivity contribution in [2.75, 3.05) is 33.2 Å². The highest BCUT2D eigenvalue weighted by Gasteiger charge is 2.30. The fourth-order valence-electron chi connectivity index (χ4n) is 2.77. The molecule has 19 heavy (non-hydrogen) atoms. The summed E-state index contributed by atoms with van der Waals surface area (Å²) in [7, 11) is 2.01. The summed E-state index contributed by atoms with van der Waals surface area (Å²) in [5.74, 6) is 0.166. The molecule has 1 fully saturated rings. The maximum Gasteiger partial charge on any atom is 0.237 e. The highest BCUT2D eigenvalue weighted by Crippen LogP contribution is 2.20. The summed E-state index contributed by atoms with van der Waals surface area (Å²) in [4.78, 5) is 16.9. The number of amides is 1. The van der Waals surface area contributed by atoms with Crippen molar-refractivity contribution in [3.63, 3.8) is 0 Å². The average Bonchev–Trinajstić information content (AvgIpc) is 2.91. The number of nitrogens with one attached hydrogen (secondary N) is 1. The molecular formula is C15H31N3O. The average molecular weight is 269 g/mol. The van der Waals surface area contributed by atoms with Gasteiger partial charge in [-0.15, -0.1) is 0 Å². The summed E-state index contributed by atoms with van der Waals surface area (Å²) >= 11 is 0. The van der Waals surface area contributed by atoms with E-state index in [1.165, 1.54) is 12.8 Å². The van der Waals surface area contributed by atoms with Gasteiger partial charge in [-0.05, 0) is 59.8 Å². The Morgan fingerprint density at radius 3 is 2.37 bits per heavy atom. The van der Waals surface area contributed by atoms with Crippen LogP contribution in [0.1, 0.15) is 47.0 Å². The molecule has 1 N–H and O–H groups in total. The SMILES string of the molecule is CCC(C(=O)NCC(C)(C)N1CCCC1)N(C)CC. The van der Waals surface area contributed by atoms with E-state index in [9.17, 15) is 4.79 Å². The highest BCUT2D eigenvalue weighted by atomic mass is 16.2. The maximum atomic E-state index is 12.3. The number of hydrogen-bond acceptors (Lipinski definition) is 3. The molecule has 112 valence electrons. The summed E-state index contributed by atoms with van der Waals surface area (Å²) in [5, 5.41) is 3.14. The third-order valence-electron chi connectivity index (χ3n) is 4.38. The van der Waals surface area contributed by atoms with Gasteiger partial charge in [-0.3, -0.25) is 14.6 Å². The van der Waals surface area contributed by atoms with Crippen LogP contribution in [0.15, 0.2) is 0 Å². The lowest BCUT2D eigenvalue weighted by molar-refractivity contribution is -0.126. The highest BCUT2D eigenvalue weighted by molar-refractivity contribution is 5.81. The first-order valence-corrected chi connectivity index (χ1v) is 7.65. The van der Waals surface area contributed by atoms with Crippen LogP contribution in [0.3, 0.4) is 0 Å². The van der Waals surface area contributed by atoms with Crippen LogP contribution < -0.4 is 5.32 Å². The molecule has 0 aromatic carbocycles. The molecule has 0 spiro atoms. The molecule has 1 atom stereocenters. The topological polar surface area (TPSA) is 35.6 Å². The van der Waals surface area contributed by atoms with Crippen LogP contribution in [-0.4, -0.2) is 60.5 Å². The molecule has 1 rings (SSSR count). The molecule has 1 unspecified atom stereocenters. The van der Waals surface area contributed by atoms with Gasteiger partial charge in [-0.1, -0.05) is 13.8 Å². The predicted octanol–water partition coefficient (Wildman–Crippen LogP) is 1.71. The Bertz CT molecular complexity index is 285. The normalized spacial score (nSPS) is 18.8. The van der Waals surface area contributed by atoms with Crippen LogP contribution in [0.2, 0.25) is 0 Å². The van der Waals surface area contributed by atoms with Gasteiger partial charge in [0.05, 0.1) is 6.04 Å². The van der Waals surface area contributed by atoms with Crippen molar-refractivity contribution in [2.24, 2.45) is 0 Å². The monoisotopic (exact) mass is 269 g/mol. The fraction of sp³-hybridized carbons (Fsp3) is 0.933. The van der Waals surface area contributed by atoms with Gasteiger partial charge in [0.15, 0.2) is 0 Å². The van der Waals surface area contributed by atoms with Gasteiger partial charge in [0, 0.05) is 12.1 Å². The second kappa shape index (κ2) is 7.25. The Hall–Kier alpha value is -0.610. The minimum absolute atomic E-state index is 0.000576. The third kappa shape index (κ3) is 4.46. The first-order chi connectivity index (χ1) is 8.92. The van der Waals surface area contributed by atoms with Crippen molar-refractivity contribution in [3.05, 3.63) is 0 Å². The molecule has 4 heteroatoms. The lowest BCUT2D eigenvalue weighted by atomic mass is 10.0. The maximum absolute atomic E-state index is 12.3. The summed E-state index contributed by atoms with van der Waals surface area (Å²) in [6.45, 7) is 12.6. The van der Waals surface area contributed by atoms with Crippen LogP contribution >= 0.6 is 0 Å². The second-order valence-electron chi connectivity index (χ2n) is 6.22. The molecule has 1 saturated heterocycles. The standard InChI is InChI=1S/C15H31N3O/c1-6-13(17(5)7-2)14(19)16-12-15(3,4)18-10-8-9-11-18/h13H,6-12H2,1-5H3,(H,16,19). The molecular weight excluding hydrogens is 238 g/mol. The molecule has 0 aromatic rings. The van der Waals surface area contributed by atoms with Crippen LogP contribution in [0.5, 0.6) is 0 Å². The van der Waals surface area contributed by atoms with Gasteiger partial charge in [0.25, 0.3) is 0 Å². The summed E-state index contributed by atoms with van der Waals surface area (Å²) in [6, 6.07) is -0.000576. The van der Waals surface area contributed by atoms with Crippen molar-refractivity contribution in [1.82, 2.24) is 15.1 Å². The summed E-state index contributed by atoms with van der Waals surface area (Å²) < 4.78 is 0. The van der Waals surface area contributed by atoms with Crippen molar-refractivity contribution < 1.29 is 4.79 Å². The van der Waals surface area contributed by atoms with E-state index in [0.717, 1.165) is 32.6 Å². The zero-order valence-electron chi connectivity index (χ0n) is 13.3. The van der Waals surface area contributed by atoms with E-state index in [-0.39, 0.29) is 17.5 Å². The lowest BCUT2D eigenvalue weighted by Crippen LogP contribution is -2.53. The van der Waals surface area contributed by atoms with E-state index in [4.69, 9.17) is 0 Å². The van der Waals surface area contributed by atoms with E-state index in [1.54, 1.807) is 0 Å². The van der Waals surface area contributed by atoms with E-state index in [1.807, 2.05) is 7.05 Å². The molecule has 4 nitrogen and oxygen atoms in total. The van der Waals surface area contributed by atoms with Crippen LogP contribution in [0.25, 0.3) is 0 Å². The van der Waals surface area contributed by atoms with E-state index in [0.29, 0.717) is 0 Å². The number of hydrogen-bond donors (Lipinski definition) is 1. The van der Waals surface area contributed by atoms with Crippen LogP contribution in [0, 0.1) is 0 Å². The Morgan fingerprint density at radius 2 is 1.89 bits per heavy atom. The third-order valence-corrected chi connectivity index (χ3v) is 4.38. The number of likely N-dealkylation sites (N-methyl/N-ethyl adjacent to an activating group) is 1. The molecule has 1 aliphatic rings. The number of nitrogens with zero attached hydrogens (tertiary/aromatic N) is 2. The van der Waals surface area contributed by atoms with Gasteiger partial charge < -0.3 is 5.32 Å². The molecule has 1 heterocycles. The van der Waals surface area contributed by atoms with Gasteiger partial charge in [0.2, 0.25) is 5.91 Å². The molecule has 0 aliphatic carbocycles. The molecule has 0 radical (unpaired) electrons. The van der Waals surface area contributed by atoms with Crippen LogP contribution in [-0.2, 0) is 4.79 Å². The number of carbonyl (C=O) groups excluding carboxylic acids is 1. The molecule has 0 bridgehead atoms.